The summed E-state index contributed by atoms with van der Waals surface area (Å²) in [5.74, 6) is 2.93. The van der Waals surface area contributed by atoms with Crippen molar-refractivity contribution in [3.63, 3.8) is 0 Å². The molecule has 0 aliphatic carbocycles. The quantitative estimate of drug-likeness (QED) is 0.637. The highest BCUT2D eigenvalue weighted by Gasteiger charge is 2.18. The Morgan fingerprint density at radius 2 is 2.04 bits per heavy atom. The number of fused-ring (bicyclic) bond motifs is 1. The van der Waals surface area contributed by atoms with E-state index in [0.29, 0.717) is 28.6 Å². The number of benzene rings is 1. The maximum atomic E-state index is 12.8. The summed E-state index contributed by atoms with van der Waals surface area (Å²) >= 11 is 6.01. The van der Waals surface area contributed by atoms with Crippen molar-refractivity contribution >= 4 is 34.9 Å². The monoisotopic (exact) mass is 382 g/mol. The summed E-state index contributed by atoms with van der Waals surface area (Å²) in [4.78, 5) is 30.0. The van der Waals surface area contributed by atoms with Gasteiger partial charge in [0.15, 0.2) is 11.2 Å². The first-order valence-electron chi connectivity index (χ1n) is 8.55. The summed E-state index contributed by atoms with van der Waals surface area (Å²) in [5.41, 5.74) is 0.760. The van der Waals surface area contributed by atoms with Gasteiger partial charge in [-0.25, -0.2) is 14.3 Å². The van der Waals surface area contributed by atoms with Crippen LogP contribution in [0.4, 0.5) is 0 Å². The van der Waals surface area contributed by atoms with Crippen LogP contribution in [0.2, 0.25) is 5.02 Å². The van der Waals surface area contributed by atoms with Gasteiger partial charge in [0.05, 0.1) is 6.54 Å². The highest BCUT2D eigenvalue weighted by molar-refractivity contribution is 6.30. The van der Waals surface area contributed by atoms with E-state index in [1.165, 1.54) is 4.57 Å². The molecule has 27 heavy (non-hydrogen) atoms. The number of imidazole rings is 1. The molecule has 0 aliphatic rings. The summed E-state index contributed by atoms with van der Waals surface area (Å²) in [6, 6.07) is 7.39. The SMILES string of the molecule is C#CCn1c(=O)c2c(nc(/C=C/c3cccc(Cl)c3)n2C)n(CCC)c1=O. The van der Waals surface area contributed by atoms with Crippen LogP contribution in [-0.4, -0.2) is 18.7 Å². The lowest BCUT2D eigenvalue weighted by atomic mass is 10.2. The van der Waals surface area contributed by atoms with Gasteiger partial charge >= 0.3 is 5.69 Å². The molecule has 0 amide bonds. The van der Waals surface area contributed by atoms with Crippen molar-refractivity contribution in [3.05, 3.63) is 61.5 Å². The first-order valence-corrected chi connectivity index (χ1v) is 8.93. The average molecular weight is 383 g/mol. The zero-order chi connectivity index (χ0) is 19.6. The summed E-state index contributed by atoms with van der Waals surface area (Å²) in [6.45, 7) is 2.34. The van der Waals surface area contributed by atoms with Crippen LogP contribution < -0.4 is 11.2 Å². The van der Waals surface area contributed by atoms with Gasteiger partial charge in [0, 0.05) is 18.6 Å². The van der Waals surface area contributed by atoms with Crippen molar-refractivity contribution in [2.45, 2.75) is 26.4 Å². The van der Waals surface area contributed by atoms with Crippen LogP contribution in [0.1, 0.15) is 24.7 Å². The molecule has 0 atom stereocenters. The van der Waals surface area contributed by atoms with Gasteiger partial charge in [-0.3, -0.25) is 9.36 Å². The van der Waals surface area contributed by atoms with Crippen LogP contribution >= 0.6 is 11.6 Å². The lowest BCUT2D eigenvalue weighted by molar-refractivity contribution is 0.597. The fraction of sp³-hybridized carbons (Fsp3) is 0.250. The Morgan fingerprint density at radius 3 is 2.70 bits per heavy atom. The van der Waals surface area contributed by atoms with E-state index in [-0.39, 0.29) is 6.54 Å². The van der Waals surface area contributed by atoms with Crippen LogP contribution in [0, 0.1) is 12.3 Å². The Hall–Kier alpha value is -3.04. The lowest BCUT2D eigenvalue weighted by Gasteiger charge is -2.09. The molecule has 0 spiro atoms. The number of nitrogens with zero attached hydrogens (tertiary/aromatic N) is 4. The molecule has 0 N–H and O–H groups in total. The molecule has 0 bridgehead atoms. The van der Waals surface area contributed by atoms with Crippen LogP contribution in [0.5, 0.6) is 0 Å². The van der Waals surface area contributed by atoms with Crippen LogP contribution in [0.3, 0.4) is 0 Å². The normalized spacial score (nSPS) is 11.3. The average Bonchev–Trinajstić information content (AvgIpc) is 2.97. The third-order valence-electron chi connectivity index (χ3n) is 4.25. The Bertz CT molecular complexity index is 1190. The van der Waals surface area contributed by atoms with Crippen LogP contribution in [0.25, 0.3) is 23.3 Å². The molecule has 3 aromatic rings. The van der Waals surface area contributed by atoms with E-state index in [1.54, 1.807) is 23.8 Å². The van der Waals surface area contributed by atoms with Crippen molar-refractivity contribution in [2.75, 3.05) is 0 Å². The molecule has 0 radical (unpaired) electrons. The summed E-state index contributed by atoms with van der Waals surface area (Å²) in [7, 11) is 1.75. The Balaban J connectivity index is 2.23. The van der Waals surface area contributed by atoms with Gasteiger partial charge in [-0.1, -0.05) is 42.7 Å². The zero-order valence-corrected chi connectivity index (χ0v) is 15.9. The summed E-state index contributed by atoms with van der Waals surface area (Å²) in [5, 5.41) is 0.635. The number of halogens is 1. The third kappa shape index (κ3) is 3.46. The number of hydrogen-bond donors (Lipinski definition) is 0. The van der Waals surface area contributed by atoms with E-state index in [2.05, 4.69) is 10.9 Å². The number of aryl methyl sites for hydroxylation is 2. The molecule has 6 nitrogen and oxygen atoms in total. The van der Waals surface area contributed by atoms with Gasteiger partial charge in [-0.05, 0) is 30.2 Å². The molecule has 0 unspecified atom stereocenters. The fourth-order valence-electron chi connectivity index (χ4n) is 2.97. The first-order chi connectivity index (χ1) is 13.0. The first kappa shape index (κ1) is 18.7. The maximum absolute atomic E-state index is 12.8. The molecule has 1 aromatic carbocycles. The zero-order valence-electron chi connectivity index (χ0n) is 15.1. The van der Waals surface area contributed by atoms with E-state index in [9.17, 15) is 9.59 Å². The standard InChI is InChI=1S/C20H19ClN4O2/c1-4-11-24-18-17(19(26)25(12-5-2)20(24)27)23(3)16(22-18)10-9-14-7-6-8-15(21)13-14/h2,6-10,13H,4,11-12H2,1,3H3/b10-9+. The predicted molar refractivity (Wildman–Crippen MR) is 109 cm³/mol. The predicted octanol–water partition coefficient (Wildman–Crippen LogP) is 2.76. The van der Waals surface area contributed by atoms with Crippen LogP contribution in [0.15, 0.2) is 33.9 Å². The van der Waals surface area contributed by atoms with E-state index < -0.39 is 11.2 Å². The molecule has 3 rings (SSSR count). The van der Waals surface area contributed by atoms with Crippen molar-refractivity contribution < 1.29 is 0 Å². The van der Waals surface area contributed by atoms with Crippen molar-refractivity contribution in [3.8, 4) is 12.3 Å². The molecular weight excluding hydrogens is 364 g/mol. The van der Waals surface area contributed by atoms with Crippen molar-refractivity contribution in [1.82, 2.24) is 18.7 Å². The van der Waals surface area contributed by atoms with E-state index in [1.807, 2.05) is 31.2 Å². The van der Waals surface area contributed by atoms with Crippen molar-refractivity contribution in [1.29, 1.82) is 0 Å². The molecule has 2 heterocycles. The van der Waals surface area contributed by atoms with Crippen molar-refractivity contribution in [2.24, 2.45) is 7.05 Å². The van der Waals surface area contributed by atoms with Gasteiger partial charge < -0.3 is 4.57 Å². The van der Waals surface area contributed by atoms with Gasteiger partial charge in [0.25, 0.3) is 5.56 Å². The molecule has 2 aromatic heterocycles. The van der Waals surface area contributed by atoms with E-state index in [4.69, 9.17) is 18.0 Å². The number of terminal acetylenes is 1. The third-order valence-corrected chi connectivity index (χ3v) is 4.48. The number of aromatic nitrogens is 4. The maximum Gasteiger partial charge on any atom is 0.333 e. The van der Waals surface area contributed by atoms with Crippen LogP contribution in [-0.2, 0) is 20.1 Å². The molecular formula is C20H19ClN4O2. The van der Waals surface area contributed by atoms with Gasteiger partial charge in [-0.15, -0.1) is 6.42 Å². The molecule has 138 valence electrons. The number of hydrogen-bond acceptors (Lipinski definition) is 3. The summed E-state index contributed by atoms with van der Waals surface area (Å²) < 4.78 is 4.26. The van der Waals surface area contributed by atoms with Gasteiger partial charge in [0.2, 0.25) is 0 Å². The smallest absolute Gasteiger partial charge is 0.322 e. The fourth-order valence-corrected chi connectivity index (χ4v) is 3.16. The summed E-state index contributed by atoms with van der Waals surface area (Å²) in [6.07, 6.45) is 9.71. The van der Waals surface area contributed by atoms with E-state index >= 15 is 0 Å². The highest BCUT2D eigenvalue weighted by atomic mass is 35.5. The lowest BCUT2D eigenvalue weighted by Crippen LogP contribution is -2.40. The Morgan fingerprint density at radius 1 is 1.26 bits per heavy atom. The molecule has 7 heteroatoms. The molecule has 0 saturated heterocycles. The van der Waals surface area contributed by atoms with E-state index in [0.717, 1.165) is 16.6 Å². The Kier molecular flexibility index (Phi) is 5.33. The number of rotatable bonds is 5. The Labute approximate surface area is 161 Å². The minimum Gasteiger partial charge on any atom is -0.322 e. The van der Waals surface area contributed by atoms with Gasteiger partial charge in [0.1, 0.15) is 5.82 Å². The molecule has 0 fully saturated rings. The van der Waals surface area contributed by atoms with Gasteiger partial charge in [-0.2, -0.15) is 0 Å². The topological polar surface area (TPSA) is 61.8 Å². The second-order valence-electron chi connectivity index (χ2n) is 6.12. The molecule has 0 aliphatic heterocycles. The second-order valence-corrected chi connectivity index (χ2v) is 6.56. The molecule has 0 saturated carbocycles. The highest BCUT2D eigenvalue weighted by Crippen LogP contribution is 2.16. The minimum atomic E-state index is -0.434. The largest absolute Gasteiger partial charge is 0.333 e. The second kappa shape index (κ2) is 7.68. The minimum absolute atomic E-state index is 0.0732.